The van der Waals surface area contributed by atoms with E-state index in [-0.39, 0.29) is 5.91 Å². The Balaban J connectivity index is 2.90. The third-order valence-corrected chi connectivity index (χ3v) is 2.09. The summed E-state index contributed by atoms with van der Waals surface area (Å²) in [5, 5.41) is 5.78. The number of nitrogens with two attached hydrogens (primary N) is 1. The summed E-state index contributed by atoms with van der Waals surface area (Å²) < 4.78 is 0. The first kappa shape index (κ1) is 11.4. The van der Waals surface area contributed by atoms with Crippen LogP contribution in [-0.2, 0) is 0 Å². The summed E-state index contributed by atoms with van der Waals surface area (Å²) in [5.74, 6) is -0.0894. The number of hydrogen-bond acceptors (Lipinski definition) is 3. The molecule has 4 heteroatoms. The van der Waals surface area contributed by atoms with E-state index in [2.05, 4.69) is 10.6 Å². The van der Waals surface area contributed by atoms with Gasteiger partial charge >= 0.3 is 0 Å². The van der Waals surface area contributed by atoms with Gasteiger partial charge in [0.1, 0.15) is 0 Å². The van der Waals surface area contributed by atoms with Gasteiger partial charge in [0.15, 0.2) is 0 Å². The smallest absolute Gasteiger partial charge is 0.253 e. The van der Waals surface area contributed by atoms with Crippen LogP contribution in [0.15, 0.2) is 18.2 Å². The average molecular weight is 207 g/mol. The second-order valence-corrected chi connectivity index (χ2v) is 3.31. The van der Waals surface area contributed by atoms with Gasteiger partial charge in [-0.05, 0) is 24.6 Å². The third kappa shape index (κ3) is 2.87. The number of benzene rings is 1. The highest BCUT2D eigenvalue weighted by Gasteiger charge is 2.09. The first-order valence-corrected chi connectivity index (χ1v) is 5.04. The van der Waals surface area contributed by atoms with Crippen LogP contribution in [-0.4, -0.2) is 19.5 Å². The zero-order valence-electron chi connectivity index (χ0n) is 9.13. The third-order valence-electron chi connectivity index (χ3n) is 2.09. The van der Waals surface area contributed by atoms with E-state index in [0.717, 1.165) is 12.1 Å². The molecule has 0 radical (unpaired) electrons. The second kappa shape index (κ2) is 5.24. The fourth-order valence-corrected chi connectivity index (χ4v) is 1.30. The molecule has 1 rings (SSSR count). The Morgan fingerprint density at radius 1 is 1.47 bits per heavy atom. The van der Waals surface area contributed by atoms with Gasteiger partial charge in [-0.15, -0.1) is 0 Å². The molecule has 82 valence electrons. The standard InChI is InChI=1S/C11H17N3O/c1-3-6-14-11(15)9-7-8(12)4-5-10(9)13-2/h4-5,7,13H,3,6,12H2,1-2H3,(H,14,15). The van der Waals surface area contributed by atoms with E-state index in [4.69, 9.17) is 5.73 Å². The Bertz CT molecular complexity index is 350. The lowest BCUT2D eigenvalue weighted by Crippen LogP contribution is -2.24. The molecule has 1 amide bonds. The number of rotatable bonds is 4. The van der Waals surface area contributed by atoms with Crippen molar-refractivity contribution in [1.29, 1.82) is 0 Å². The van der Waals surface area contributed by atoms with Gasteiger partial charge in [0.05, 0.1) is 5.56 Å². The van der Waals surface area contributed by atoms with Gasteiger partial charge in [0.2, 0.25) is 0 Å². The van der Waals surface area contributed by atoms with Gasteiger partial charge in [0.25, 0.3) is 5.91 Å². The zero-order chi connectivity index (χ0) is 11.3. The maximum Gasteiger partial charge on any atom is 0.253 e. The SMILES string of the molecule is CCCNC(=O)c1cc(N)ccc1NC. The van der Waals surface area contributed by atoms with Crippen LogP contribution in [0, 0.1) is 0 Å². The Hall–Kier alpha value is -1.71. The molecule has 0 unspecified atom stereocenters. The maximum absolute atomic E-state index is 11.7. The Kier molecular flexibility index (Phi) is 3.97. The summed E-state index contributed by atoms with van der Waals surface area (Å²) in [4.78, 5) is 11.7. The summed E-state index contributed by atoms with van der Waals surface area (Å²) >= 11 is 0. The van der Waals surface area contributed by atoms with Crippen LogP contribution in [0.4, 0.5) is 11.4 Å². The fourth-order valence-electron chi connectivity index (χ4n) is 1.30. The number of anilines is 2. The molecule has 0 fully saturated rings. The molecule has 0 spiro atoms. The van der Waals surface area contributed by atoms with Crippen molar-refractivity contribution in [1.82, 2.24) is 5.32 Å². The average Bonchev–Trinajstić information content (AvgIpc) is 2.25. The van der Waals surface area contributed by atoms with Crippen molar-refractivity contribution >= 4 is 17.3 Å². The van der Waals surface area contributed by atoms with Crippen molar-refractivity contribution in [2.45, 2.75) is 13.3 Å². The Labute approximate surface area is 89.9 Å². The van der Waals surface area contributed by atoms with E-state index >= 15 is 0 Å². The molecule has 1 aromatic carbocycles. The molecular formula is C11H17N3O. The topological polar surface area (TPSA) is 67.2 Å². The van der Waals surface area contributed by atoms with E-state index in [1.165, 1.54) is 0 Å². The molecule has 0 heterocycles. The normalized spacial score (nSPS) is 9.73. The minimum atomic E-state index is -0.0894. The highest BCUT2D eigenvalue weighted by Crippen LogP contribution is 2.18. The van der Waals surface area contributed by atoms with Crippen molar-refractivity contribution in [3.8, 4) is 0 Å². The van der Waals surface area contributed by atoms with Crippen LogP contribution in [0.1, 0.15) is 23.7 Å². The molecule has 0 aliphatic carbocycles. The maximum atomic E-state index is 11.7. The summed E-state index contributed by atoms with van der Waals surface area (Å²) in [6.07, 6.45) is 0.920. The van der Waals surface area contributed by atoms with Crippen LogP contribution in [0.3, 0.4) is 0 Å². The molecule has 0 bridgehead atoms. The number of amides is 1. The number of carbonyl (C=O) groups excluding carboxylic acids is 1. The summed E-state index contributed by atoms with van der Waals surface area (Å²) in [6.45, 7) is 2.69. The molecular weight excluding hydrogens is 190 g/mol. The molecule has 0 aromatic heterocycles. The summed E-state index contributed by atoms with van der Waals surface area (Å²) in [5.41, 5.74) is 7.61. The molecule has 0 saturated heterocycles. The molecule has 4 nitrogen and oxygen atoms in total. The van der Waals surface area contributed by atoms with Crippen molar-refractivity contribution in [2.24, 2.45) is 0 Å². The van der Waals surface area contributed by atoms with Gasteiger partial charge in [-0.3, -0.25) is 4.79 Å². The van der Waals surface area contributed by atoms with Crippen LogP contribution in [0.25, 0.3) is 0 Å². The minimum absolute atomic E-state index is 0.0894. The van der Waals surface area contributed by atoms with Gasteiger partial charge in [-0.1, -0.05) is 6.92 Å². The number of carbonyl (C=O) groups is 1. The molecule has 0 aliphatic heterocycles. The molecule has 15 heavy (non-hydrogen) atoms. The van der Waals surface area contributed by atoms with Crippen LogP contribution in [0.5, 0.6) is 0 Å². The molecule has 1 aromatic rings. The van der Waals surface area contributed by atoms with Crippen LogP contribution in [0.2, 0.25) is 0 Å². The van der Waals surface area contributed by atoms with E-state index in [0.29, 0.717) is 17.8 Å². The number of hydrogen-bond donors (Lipinski definition) is 3. The van der Waals surface area contributed by atoms with Gasteiger partial charge in [-0.25, -0.2) is 0 Å². The largest absolute Gasteiger partial charge is 0.399 e. The predicted molar refractivity (Wildman–Crippen MR) is 63.0 cm³/mol. The molecule has 0 saturated carbocycles. The highest BCUT2D eigenvalue weighted by molar-refractivity contribution is 6.00. The first-order chi connectivity index (χ1) is 7.19. The van der Waals surface area contributed by atoms with Gasteiger partial charge < -0.3 is 16.4 Å². The van der Waals surface area contributed by atoms with E-state index in [1.54, 1.807) is 25.2 Å². The van der Waals surface area contributed by atoms with Gasteiger partial charge in [-0.2, -0.15) is 0 Å². The molecule has 4 N–H and O–H groups in total. The van der Waals surface area contributed by atoms with Crippen molar-refractivity contribution in [3.63, 3.8) is 0 Å². The predicted octanol–water partition coefficient (Wildman–Crippen LogP) is 1.45. The highest BCUT2D eigenvalue weighted by atomic mass is 16.1. The van der Waals surface area contributed by atoms with Crippen LogP contribution >= 0.6 is 0 Å². The lowest BCUT2D eigenvalue weighted by Gasteiger charge is -2.09. The monoisotopic (exact) mass is 207 g/mol. The van der Waals surface area contributed by atoms with Crippen molar-refractivity contribution in [2.75, 3.05) is 24.6 Å². The van der Waals surface area contributed by atoms with E-state index in [9.17, 15) is 4.79 Å². The van der Waals surface area contributed by atoms with E-state index in [1.807, 2.05) is 6.92 Å². The second-order valence-electron chi connectivity index (χ2n) is 3.31. The first-order valence-electron chi connectivity index (χ1n) is 5.04. The molecule has 0 aliphatic rings. The molecule has 0 atom stereocenters. The van der Waals surface area contributed by atoms with Crippen molar-refractivity contribution < 1.29 is 4.79 Å². The summed E-state index contributed by atoms with van der Waals surface area (Å²) in [7, 11) is 1.78. The zero-order valence-corrected chi connectivity index (χ0v) is 9.13. The number of nitrogen functional groups attached to an aromatic ring is 1. The van der Waals surface area contributed by atoms with Crippen molar-refractivity contribution in [3.05, 3.63) is 23.8 Å². The van der Waals surface area contributed by atoms with E-state index < -0.39 is 0 Å². The lowest BCUT2D eigenvalue weighted by molar-refractivity contribution is 0.0954. The lowest BCUT2D eigenvalue weighted by atomic mass is 10.1. The van der Waals surface area contributed by atoms with Gasteiger partial charge in [0, 0.05) is 25.0 Å². The fraction of sp³-hybridized carbons (Fsp3) is 0.364. The summed E-state index contributed by atoms with van der Waals surface area (Å²) in [6, 6.07) is 5.25. The minimum Gasteiger partial charge on any atom is -0.399 e. The quantitative estimate of drug-likeness (QED) is 0.655. The Morgan fingerprint density at radius 3 is 2.80 bits per heavy atom. The number of nitrogens with one attached hydrogen (secondary N) is 2. The Morgan fingerprint density at radius 2 is 2.20 bits per heavy atom. The van der Waals surface area contributed by atoms with Crippen LogP contribution < -0.4 is 16.4 Å².